The van der Waals surface area contributed by atoms with Gasteiger partial charge in [-0.1, -0.05) is 5.16 Å². The van der Waals surface area contributed by atoms with Gasteiger partial charge in [0.1, 0.15) is 29.7 Å². The summed E-state index contributed by atoms with van der Waals surface area (Å²) >= 11 is 0. The van der Waals surface area contributed by atoms with Crippen molar-refractivity contribution >= 4 is 28.5 Å². The summed E-state index contributed by atoms with van der Waals surface area (Å²) < 4.78 is 29.9. The number of carbonyl (C=O) groups is 1. The van der Waals surface area contributed by atoms with Crippen LogP contribution in [-0.4, -0.2) is 58.2 Å². The van der Waals surface area contributed by atoms with E-state index in [4.69, 9.17) is 10.6 Å². The molecule has 0 bridgehead atoms. The highest BCUT2D eigenvalue weighted by Crippen LogP contribution is 2.40. The number of fused-ring (bicyclic) bond motifs is 1. The van der Waals surface area contributed by atoms with Gasteiger partial charge in [-0.25, -0.2) is 18.6 Å². The van der Waals surface area contributed by atoms with E-state index >= 15 is 0 Å². The van der Waals surface area contributed by atoms with Crippen LogP contribution in [0, 0.1) is 5.82 Å². The zero-order valence-corrected chi connectivity index (χ0v) is 15.5. The fourth-order valence-electron chi connectivity index (χ4n) is 3.46. The first-order valence-corrected chi connectivity index (χ1v) is 9.15. The summed E-state index contributed by atoms with van der Waals surface area (Å²) in [6, 6.07) is -0.114. The predicted octanol–water partition coefficient (Wildman–Crippen LogP) is 1.06. The summed E-state index contributed by atoms with van der Waals surface area (Å²) in [6.45, 7) is 2.55. The molecule has 3 atom stereocenters. The lowest BCUT2D eigenvalue weighted by Crippen LogP contribution is -2.61. The van der Waals surface area contributed by atoms with Crippen LogP contribution in [-0.2, 0) is 4.84 Å². The van der Waals surface area contributed by atoms with E-state index in [1.54, 1.807) is 11.8 Å². The summed E-state index contributed by atoms with van der Waals surface area (Å²) in [5.74, 6) is -2.32. The summed E-state index contributed by atoms with van der Waals surface area (Å²) in [6.07, 6.45) is 0.0688. The van der Waals surface area contributed by atoms with Crippen LogP contribution < -0.4 is 16.1 Å². The molecule has 0 radical (unpaired) electrons. The molecule has 11 heteroatoms. The van der Waals surface area contributed by atoms with Crippen LogP contribution in [0.3, 0.4) is 0 Å². The van der Waals surface area contributed by atoms with Crippen molar-refractivity contribution in [2.45, 2.75) is 31.6 Å². The number of alkyl halides is 1. The average Bonchev–Trinajstić information content (AvgIpc) is 3.38. The number of aromatic carboxylic acids is 1. The van der Waals surface area contributed by atoms with Crippen molar-refractivity contribution < 1.29 is 23.5 Å². The average molecular weight is 407 g/mol. The second-order valence-corrected chi connectivity index (χ2v) is 6.95. The van der Waals surface area contributed by atoms with Crippen molar-refractivity contribution in [2.24, 2.45) is 10.9 Å². The molecule has 2 aliphatic rings. The van der Waals surface area contributed by atoms with Gasteiger partial charge in [0, 0.05) is 19.2 Å². The van der Waals surface area contributed by atoms with Gasteiger partial charge < -0.3 is 25.1 Å². The van der Waals surface area contributed by atoms with E-state index in [0.717, 1.165) is 12.3 Å². The highest BCUT2D eigenvalue weighted by Gasteiger charge is 2.42. The van der Waals surface area contributed by atoms with Crippen LogP contribution in [0.2, 0.25) is 0 Å². The van der Waals surface area contributed by atoms with Gasteiger partial charge in [0.2, 0.25) is 5.43 Å². The van der Waals surface area contributed by atoms with Crippen molar-refractivity contribution in [1.29, 1.82) is 0 Å². The van der Waals surface area contributed by atoms with Crippen LogP contribution in [0.1, 0.15) is 29.7 Å². The first-order valence-electron chi connectivity index (χ1n) is 9.15. The third-order valence-corrected chi connectivity index (χ3v) is 5.11. The van der Waals surface area contributed by atoms with Crippen molar-refractivity contribution in [3.05, 3.63) is 33.9 Å². The Morgan fingerprint density at radius 3 is 2.83 bits per heavy atom. The number of aromatic nitrogens is 2. The van der Waals surface area contributed by atoms with Gasteiger partial charge in [-0.05, 0) is 13.0 Å². The minimum Gasteiger partial charge on any atom is -0.477 e. The quantitative estimate of drug-likeness (QED) is 0.686. The molecule has 1 aliphatic carbocycles. The molecule has 9 nitrogen and oxygen atoms in total. The molecule has 1 aliphatic heterocycles. The zero-order valence-electron chi connectivity index (χ0n) is 15.5. The third kappa shape index (κ3) is 3.11. The van der Waals surface area contributed by atoms with Gasteiger partial charge in [-0.3, -0.25) is 4.79 Å². The molecule has 4 rings (SSSR count). The molecule has 2 aromatic rings. The second-order valence-electron chi connectivity index (χ2n) is 6.95. The van der Waals surface area contributed by atoms with Gasteiger partial charge in [0.25, 0.3) is 0 Å². The van der Waals surface area contributed by atoms with Gasteiger partial charge >= 0.3 is 5.97 Å². The monoisotopic (exact) mass is 407 g/mol. The second kappa shape index (κ2) is 7.07. The van der Waals surface area contributed by atoms with Crippen molar-refractivity contribution in [1.82, 2.24) is 9.55 Å². The molecule has 3 N–H and O–H groups in total. The number of hydrogen-bond acceptors (Lipinski definition) is 7. The van der Waals surface area contributed by atoms with Gasteiger partial charge in [-0.15, -0.1) is 0 Å². The third-order valence-electron chi connectivity index (χ3n) is 5.11. The number of halogens is 2. The van der Waals surface area contributed by atoms with E-state index in [2.05, 4.69) is 10.1 Å². The zero-order chi connectivity index (χ0) is 20.9. The van der Waals surface area contributed by atoms with E-state index in [9.17, 15) is 23.5 Å². The smallest absolute Gasteiger partial charge is 0.341 e. The lowest BCUT2D eigenvalue weighted by atomic mass is 10.0. The topological polar surface area (TPSA) is 123 Å². The molecule has 2 fully saturated rings. The van der Waals surface area contributed by atoms with Crippen LogP contribution >= 0.6 is 0 Å². The molecule has 154 valence electrons. The standard InChI is InChI=1S/C18H19F2N5O4/c1-2-29-23-12-7-25(14(12)5-21)17-11(20)3-8-15(26)9(18(27)28)6-24(16(8)22-17)13-4-10(13)19/h3,6,10,13-14H,2,4-5,7,21H2,1H3,(H,27,28)/b23-12-/t10-,13+,14+/m0/s1. The molecule has 0 unspecified atom stereocenters. The van der Waals surface area contributed by atoms with Crippen LogP contribution in [0.15, 0.2) is 22.2 Å². The fraction of sp³-hybridized carbons (Fsp3) is 0.444. The number of carboxylic acids is 1. The fourth-order valence-corrected chi connectivity index (χ4v) is 3.46. The maximum atomic E-state index is 14.8. The minimum atomic E-state index is -1.46. The minimum absolute atomic E-state index is 0.0347. The number of anilines is 1. The van der Waals surface area contributed by atoms with Crippen molar-refractivity contribution in [3.8, 4) is 0 Å². The lowest BCUT2D eigenvalue weighted by molar-refractivity contribution is 0.0694. The number of nitrogens with zero attached hydrogens (tertiary/aromatic N) is 4. The first kappa shape index (κ1) is 19.2. The van der Waals surface area contributed by atoms with Gasteiger partial charge in [-0.2, -0.15) is 0 Å². The van der Waals surface area contributed by atoms with E-state index in [1.807, 2.05) is 0 Å². The summed E-state index contributed by atoms with van der Waals surface area (Å²) in [5, 5.41) is 13.0. The normalized spacial score (nSPS) is 24.6. The van der Waals surface area contributed by atoms with E-state index < -0.39 is 41.0 Å². The van der Waals surface area contributed by atoms with Crippen LogP contribution in [0.4, 0.5) is 14.6 Å². The summed E-state index contributed by atoms with van der Waals surface area (Å²) in [7, 11) is 0. The van der Waals surface area contributed by atoms with E-state index in [-0.39, 0.29) is 36.4 Å². The maximum absolute atomic E-state index is 14.8. The summed E-state index contributed by atoms with van der Waals surface area (Å²) in [4.78, 5) is 34.8. The molecule has 0 aromatic carbocycles. The van der Waals surface area contributed by atoms with Crippen LogP contribution in [0.25, 0.3) is 11.0 Å². The predicted molar refractivity (Wildman–Crippen MR) is 101 cm³/mol. The number of oxime groups is 1. The Kier molecular flexibility index (Phi) is 4.69. The highest BCUT2D eigenvalue weighted by atomic mass is 19.1. The van der Waals surface area contributed by atoms with Crippen molar-refractivity contribution in [2.75, 3.05) is 24.6 Å². The number of pyridine rings is 2. The molecule has 0 spiro atoms. The lowest BCUT2D eigenvalue weighted by Gasteiger charge is -2.42. The maximum Gasteiger partial charge on any atom is 0.341 e. The van der Waals surface area contributed by atoms with Crippen LogP contribution in [0.5, 0.6) is 0 Å². The SMILES string of the molecule is CCO/N=C1/CN(c2nc3c(cc2F)c(=O)c(C(=O)O)cn3[C@@H]2C[C@@H]2F)[C@@H]1CN. The Bertz CT molecular complexity index is 1090. The molecular weight excluding hydrogens is 388 g/mol. The Morgan fingerprint density at radius 2 is 2.24 bits per heavy atom. The van der Waals surface area contributed by atoms with Crippen molar-refractivity contribution in [3.63, 3.8) is 0 Å². The molecule has 1 saturated carbocycles. The molecule has 0 amide bonds. The Labute approximate surface area is 163 Å². The largest absolute Gasteiger partial charge is 0.477 e. The van der Waals surface area contributed by atoms with E-state index in [0.29, 0.717) is 12.3 Å². The number of hydrogen-bond donors (Lipinski definition) is 2. The molecule has 2 aromatic heterocycles. The first-order chi connectivity index (χ1) is 13.9. The number of carboxylic acid groups (broad SMARTS) is 1. The Balaban J connectivity index is 1.84. The Morgan fingerprint density at radius 1 is 1.52 bits per heavy atom. The highest BCUT2D eigenvalue weighted by molar-refractivity contribution is 6.03. The van der Waals surface area contributed by atoms with E-state index in [1.165, 1.54) is 4.57 Å². The number of nitrogens with two attached hydrogens (primary N) is 1. The summed E-state index contributed by atoms with van der Waals surface area (Å²) in [5.41, 5.74) is 5.02. The number of rotatable bonds is 6. The Hall–Kier alpha value is -3.08. The van der Waals surface area contributed by atoms with Gasteiger partial charge in [0.15, 0.2) is 11.6 Å². The molecule has 29 heavy (non-hydrogen) atoms. The molecule has 3 heterocycles. The molecular formula is C18H19F2N5O4. The molecule has 1 saturated heterocycles. The van der Waals surface area contributed by atoms with Gasteiger partial charge in [0.05, 0.1) is 24.0 Å².